The third-order valence-corrected chi connectivity index (χ3v) is 2.69. The highest BCUT2D eigenvalue weighted by atomic mass is 35.5. The van der Waals surface area contributed by atoms with Crippen molar-refractivity contribution < 1.29 is 14.6 Å². The lowest BCUT2D eigenvalue weighted by molar-refractivity contribution is -0.148. The molecule has 3 nitrogen and oxygen atoms in total. The molecule has 1 atom stereocenters. The van der Waals surface area contributed by atoms with Crippen molar-refractivity contribution in [2.45, 2.75) is 12.3 Å². The average molecular weight is 229 g/mol. The van der Waals surface area contributed by atoms with Crippen molar-refractivity contribution in [1.82, 2.24) is 0 Å². The van der Waals surface area contributed by atoms with E-state index in [-0.39, 0.29) is 6.61 Å². The van der Waals surface area contributed by atoms with Crippen LogP contribution < -0.4 is 0 Å². The summed E-state index contributed by atoms with van der Waals surface area (Å²) in [6.45, 7) is 1.32. The van der Waals surface area contributed by atoms with Gasteiger partial charge in [0.1, 0.15) is 5.41 Å². The van der Waals surface area contributed by atoms with Crippen LogP contribution in [0.2, 0.25) is 5.02 Å². The number of methoxy groups -OCH3 is 1. The molecule has 0 saturated carbocycles. The van der Waals surface area contributed by atoms with Crippen LogP contribution in [0, 0.1) is 0 Å². The van der Waals surface area contributed by atoms with E-state index in [0.29, 0.717) is 10.6 Å². The third-order valence-electron chi connectivity index (χ3n) is 2.43. The molecule has 0 saturated heterocycles. The molecule has 1 N–H and O–H groups in total. The number of ether oxygens (including phenoxy) is 1. The van der Waals surface area contributed by atoms with Crippen molar-refractivity contribution >= 4 is 17.6 Å². The smallest absolute Gasteiger partial charge is 0.318 e. The summed E-state index contributed by atoms with van der Waals surface area (Å²) in [5.74, 6) is -0.465. The van der Waals surface area contributed by atoms with Gasteiger partial charge in [0.15, 0.2) is 0 Å². The molecule has 4 heteroatoms. The fourth-order valence-corrected chi connectivity index (χ4v) is 1.44. The number of benzene rings is 1. The number of aliphatic hydroxyl groups is 1. The van der Waals surface area contributed by atoms with Crippen molar-refractivity contribution in [2.24, 2.45) is 0 Å². The Morgan fingerprint density at radius 1 is 1.47 bits per heavy atom. The molecule has 0 spiro atoms. The Balaban J connectivity index is 3.11. The number of carbonyl (C=O) groups excluding carboxylic acids is 1. The van der Waals surface area contributed by atoms with Gasteiger partial charge >= 0.3 is 5.97 Å². The molecule has 1 aromatic rings. The highest BCUT2D eigenvalue weighted by Crippen LogP contribution is 2.26. The first-order valence-corrected chi connectivity index (χ1v) is 4.87. The van der Waals surface area contributed by atoms with E-state index in [1.807, 2.05) is 0 Å². The maximum atomic E-state index is 11.5. The normalized spacial score (nSPS) is 14.4. The van der Waals surface area contributed by atoms with Crippen LogP contribution in [0.15, 0.2) is 24.3 Å². The van der Waals surface area contributed by atoms with E-state index >= 15 is 0 Å². The summed E-state index contributed by atoms with van der Waals surface area (Å²) in [7, 11) is 1.30. The van der Waals surface area contributed by atoms with Gasteiger partial charge in [0, 0.05) is 5.02 Å². The van der Waals surface area contributed by atoms with Gasteiger partial charge < -0.3 is 9.84 Å². The monoisotopic (exact) mass is 228 g/mol. The number of hydrogen-bond acceptors (Lipinski definition) is 3. The zero-order chi connectivity index (χ0) is 11.5. The summed E-state index contributed by atoms with van der Waals surface area (Å²) in [5, 5.41) is 9.86. The second-order valence-corrected chi connectivity index (χ2v) is 3.93. The fraction of sp³-hybridized carbons (Fsp3) is 0.364. The lowest BCUT2D eigenvalue weighted by Gasteiger charge is -2.24. The standard InChI is InChI=1S/C11H13ClO3/c1-11(7-13,10(14)15-2)8-3-5-9(12)6-4-8/h3-6,13H,7H2,1-2H3. The lowest BCUT2D eigenvalue weighted by Crippen LogP contribution is -2.37. The molecular weight excluding hydrogens is 216 g/mol. The maximum Gasteiger partial charge on any atom is 0.318 e. The Hall–Kier alpha value is -1.06. The summed E-state index contributed by atoms with van der Waals surface area (Å²) < 4.78 is 4.66. The summed E-state index contributed by atoms with van der Waals surface area (Å²) in [4.78, 5) is 11.5. The van der Waals surface area contributed by atoms with Crippen molar-refractivity contribution in [3.8, 4) is 0 Å². The molecule has 15 heavy (non-hydrogen) atoms. The maximum absolute atomic E-state index is 11.5. The molecule has 1 aromatic carbocycles. The molecule has 0 aliphatic rings. The molecule has 0 aliphatic carbocycles. The predicted octanol–water partition coefficient (Wildman–Crippen LogP) is 1.76. The van der Waals surface area contributed by atoms with E-state index in [4.69, 9.17) is 11.6 Å². The summed E-state index contributed by atoms with van der Waals surface area (Å²) in [5.41, 5.74) is -0.347. The molecule has 82 valence electrons. The molecule has 1 rings (SSSR count). The largest absolute Gasteiger partial charge is 0.468 e. The zero-order valence-electron chi connectivity index (χ0n) is 8.66. The second kappa shape index (κ2) is 4.64. The Morgan fingerprint density at radius 2 is 2.00 bits per heavy atom. The van der Waals surface area contributed by atoms with Crippen LogP contribution in [0.3, 0.4) is 0 Å². The minimum Gasteiger partial charge on any atom is -0.468 e. The molecular formula is C11H13ClO3. The Bertz CT molecular complexity index is 347. The van der Waals surface area contributed by atoms with Gasteiger partial charge in [-0.3, -0.25) is 4.79 Å². The number of aliphatic hydroxyl groups excluding tert-OH is 1. The van der Waals surface area contributed by atoms with Crippen molar-refractivity contribution in [2.75, 3.05) is 13.7 Å². The van der Waals surface area contributed by atoms with Crippen LogP contribution in [0.1, 0.15) is 12.5 Å². The molecule has 0 radical (unpaired) electrons. The average Bonchev–Trinajstić information content (AvgIpc) is 2.27. The number of halogens is 1. The van der Waals surface area contributed by atoms with Gasteiger partial charge in [-0.15, -0.1) is 0 Å². The molecule has 0 aromatic heterocycles. The second-order valence-electron chi connectivity index (χ2n) is 3.49. The quantitative estimate of drug-likeness (QED) is 0.802. The molecule has 0 heterocycles. The fourth-order valence-electron chi connectivity index (χ4n) is 1.32. The van der Waals surface area contributed by atoms with E-state index in [2.05, 4.69) is 4.74 Å². The van der Waals surface area contributed by atoms with Crippen LogP contribution in [0.5, 0.6) is 0 Å². The van der Waals surface area contributed by atoms with Crippen molar-refractivity contribution in [3.05, 3.63) is 34.9 Å². The highest BCUT2D eigenvalue weighted by Gasteiger charge is 2.35. The van der Waals surface area contributed by atoms with Crippen LogP contribution in [-0.2, 0) is 14.9 Å². The van der Waals surface area contributed by atoms with Gasteiger partial charge in [-0.1, -0.05) is 23.7 Å². The Kier molecular flexibility index (Phi) is 3.72. The topological polar surface area (TPSA) is 46.5 Å². The van der Waals surface area contributed by atoms with E-state index in [0.717, 1.165) is 0 Å². The van der Waals surface area contributed by atoms with Gasteiger partial charge in [0.2, 0.25) is 0 Å². The number of esters is 1. The van der Waals surface area contributed by atoms with Gasteiger partial charge in [0.25, 0.3) is 0 Å². The molecule has 1 unspecified atom stereocenters. The Morgan fingerprint density at radius 3 is 2.40 bits per heavy atom. The van der Waals surface area contributed by atoms with Crippen LogP contribution in [0.4, 0.5) is 0 Å². The summed E-state index contributed by atoms with van der Waals surface area (Å²) >= 11 is 5.74. The summed E-state index contributed by atoms with van der Waals surface area (Å²) in [6, 6.07) is 6.76. The van der Waals surface area contributed by atoms with Crippen LogP contribution in [-0.4, -0.2) is 24.8 Å². The Labute approximate surface area is 93.6 Å². The van der Waals surface area contributed by atoms with Gasteiger partial charge in [-0.2, -0.15) is 0 Å². The minimum atomic E-state index is -1.03. The number of hydrogen-bond donors (Lipinski definition) is 1. The first-order chi connectivity index (χ1) is 7.04. The van der Waals surface area contributed by atoms with Gasteiger partial charge in [-0.05, 0) is 24.6 Å². The number of rotatable bonds is 3. The molecule has 0 aliphatic heterocycles. The van der Waals surface area contributed by atoms with E-state index in [1.54, 1.807) is 31.2 Å². The van der Waals surface area contributed by atoms with E-state index in [1.165, 1.54) is 7.11 Å². The third kappa shape index (κ3) is 2.30. The van der Waals surface area contributed by atoms with Gasteiger partial charge in [-0.25, -0.2) is 0 Å². The lowest BCUT2D eigenvalue weighted by atomic mass is 9.83. The van der Waals surface area contributed by atoms with Crippen molar-refractivity contribution in [3.63, 3.8) is 0 Å². The molecule has 0 fully saturated rings. The van der Waals surface area contributed by atoms with Crippen molar-refractivity contribution in [1.29, 1.82) is 0 Å². The first kappa shape index (κ1) is 12.0. The number of carbonyl (C=O) groups is 1. The van der Waals surface area contributed by atoms with Gasteiger partial charge in [0.05, 0.1) is 13.7 Å². The van der Waals surface area contributed by atoms with Crippen LogP contribution in [0.25, 0.3) is 0 Å². The summed E-state index contributed by atoms with van der Waals surface area (Å²) in [6.07, 6.45) is 0. The predicted molar refractivity (Wildman–Crippen MR) is 57.9 cm³/mol. The van der Waals surface area contributed by atoms with Crippen LogP contribution >= 0.6 is 11.6 Å². The minimum absolute atomic E-state index is 0.304. The zero-order valence-corrected chi connectivity index (χ0v) is 9.41. The SMILES string of the molecule is COC(=O)C(C)(CO)c1ccc(Cl)cc1. The molecule has 0 amide bonds. The van der Waals surface area contributed by atoms with E-state index < -0.39 is 11.4 Å². The molecule has 0 bridgehead atoms. The van der Waals surface area contributed by atoms with E-state index in [9.17, 15) is 9.90 Å². The highest BCUT2D eigenvalue weighted by molar-refractivity contribution is 6.30. The first-order valence-electron chi connectivity index (χ1n) is 4.50.